The molecule has 2 aromatic heterocycles. The molecule has 4 rings (SSSR count). The lowest BCUT2D eigenvalue weighted by Crippen LogP contribution is -2.28. The number of amides is 1. The van der Waals surface area contributed by atoms with Gasteiger partial charge in [-0.15, -0.1) is 22.7 Å². The van der Waals surface area contributed by atoms with E-state index in [1.807, 2.05) is 24.4 Å². The zero-order chi connectivity index (χ0) is 20.4. The number of Topliss-reactive ketones (excluding diaryl/α,β-unsaturated/α-hetero) is 1. The molecule has 148 valence electrons. The number of rotatable bonds is 6. The molecule has 6 nitrogen and oxygen atoms in total. The van der Waals surface area contributed by atoms with E-state index in [0.29, 0.717) is 23.1 Å². The Morgan fingerprint density at radius 3 is 2.76 bits per heavy atom. The number of benzene rings is 1. The van der Waals surface area contributed by atoms with Gasteiger partial charge in [-0.3, -0.25) is 14.5 Å². The Hall–Kier alpha value is -2.97. The Labute approximate surface area is 175 Å². The molecular formula is C21H18N2O4S2. The number of thiophene rings is 1. The Bertz CT molecular complexity index is 1060. The standard InChI is InChI=1S/C21H18N2O4S2/c1-2-9-27-14-6-3-5-13(12-14)18(24)16-17(15-7-4-10-28-15)23(20(26)19(16)25)21-22-8-11-29-21/h3-8,10-12,17,24H,2,9H2,1H3. The van der Waals surface area contributed by atoms with Gasteiger partial charge in [0.2, 0.25) is 0 Å². The summed E-state index contributed by atoms with van der Waals surface area (Å²) in [7, 11) is 0. The van der Waals surface area contributed by atoms with Crippen LogP contribution in [0.4, 0.5) is 5.13 Å². The van der Waals surface area contributed by atoms with Gasteiger partial charge in [0.1, 0.15) is 17.6 Å². The maximum absolute atomic E-state index is 12.9. The van der Waals surface area contributed by atoms with Crippen molar-refractivity contribution in [1.29, 1.82) is 0 Å². The van der Waals surface area contributed by atoms with Crippen molar-refractivity contribution in [3.8, 4) is 5.75 Å². The highest BCUT2D eigenvalue weighted by atomic mass is 32.1. The number of anilines is 1. The van der Waals surface area contributed by atoms with Crippen LogP contribution in [0.15, 0.2) is 58.9 Å². The average molecular weight is 427 g/mol. The summed E-state index contributed by atoms with van der Waals surface area (Å²) in [6, 6.07) is 9.87. The van der Waals surface area contributed by atoms with Crippen LogP contribution in [0.3, 0.4) is 0 Å². The van der Waals surface area contributed by atoms with E-state index in [1.165, 1.54) is 27.6 Å². The van der Waals surface area contributed by atoms with Crippen LogP contribution >= 0.6 is 22.7 Å². The predicted octanol–water partition coefficient (Wildman–Crippen LogP) is 4.62. The number of nitrogens with zero attached hydrogens (tertiary/aromatic N) is 2. The second-order valence-electron chi connectivity index (χ2n) is 6.38. The summed E-state index contributed by atoms with van der Waals surface area (Å²) in [5.41, 5.74) is 0.484. The highest BCUT2D eigenvalue weighted by Crippen LogP contribution is 2.44. The number of ether oxygens (including phenoxy) is 1. The van der Waals surface area contributed by atoms with Crippen molar-refractivity contribution in [2.45, 2.75) is 19.4 Å². The normalized spacial score (nSPS) is 18.4. The summed E-state index contributed by atoms with van der Waals surface area (Å²) >= 11 is 2.69. The Morgan fingerprint density at radius 2 is 2.07 bits per heavy atom. The quantitative estimate of drug-likeness (QED) is 0.353. The lowest BCUT2D eigenvalue weighted by Gasteiger charge is -2.21. The van der Waals surface area contributed by atoms with Crippen LogP contribution in [-0.4, -0.2) is 28.4 Å². The first-order chi connectivity index (χ1) is 14.1. The molecular weight excluding hydrogens is 408 g/mol. The largest absolute Gasteiger partial charge is 0.507 e. The smallest absolute Gasteiger partial charge is 0.301 e. The molecule has 0 radical (unpaired) electrons. The van der Waals surface area contributed by atoms with E-state index in [9.17, 15) is 14.7 Å². The number of hydrogen-bond donors (Lipinski definition) is 1. The number of hydrogen-bond acceptors (Lipinski definition) is 7. The van der Waals surface area contributed by atoms with Crippen LogP contribution in [0.2, 0.25) is 0 Å². The fourth-order valence-electron chi connectivity index (χ4n) is 3.19. The molecule has 0 aliphatic carbocycles. The molecule has 8 heteroatoms. The fourth-order valence-corrected chi connectivity index (χ4v) is 4.68. The lowest BCUT2D eigenvalue weighted by molar-refractivity contribution is -0.132. The van der Waals surface area contributed by atoms with Crippen LogP contribution in [-0.2, 0) is 9.59 Å². The minimum atomic E-state index is -0.726. The minimum Gasteiger partial charge on any atom is -0.507 e. The summed E-state index contributed by atoms with van der Waals surface area (Å²) in [4.78, 5) is 32.1. The summed E-state index contributed by atoms with van der Waals surface area (Å²) in [6.07, 6.45) is 2.44. The molecule has 3 aromatic rings. The minimum absolute atomic E-state index is 0.0558. The third-order valence-corrected chi connectivity index (χ3v) is 6.16. The van der Waals surface area contributed by atoms with Gasteiger partial charge in [0.15, 0.2) is 5.13 Å². The molecule has 1 unspecified atom stereocenters. The molecule has 0 bridgehead atoms. The van der Waals surface area contributed by atoms with Gasteiger partial charge in [0.05, 0.1) is 12.2 Å². The van der Waals surface area contributed by atoms with E-state index in [2.05, 4.69) is 4.98 Å². The van der Waals surface area contributed by atoms with Gasteiger partial charge in [-0.1, -0.05) is 25.1 Å². The molecule has 1 aliphatic rings. The molecule has 3 heterocycles. The van der Waals surface area contributed by atoms with E-state index >= 15 is 0 Å². The van der Waals surface area contributed by atoms with E-state index in [1.54, 1.807) is 35.8 Å². The van der Waals surface area contributed by atoms with Gasteiger partial charge in [-0.2, -0.15) is 0 Å². The van der Waals surface area contributed by atoms with Crippen molar-refractivity contribution in [3.63, 3.8) is 0 Å². The lowest BCUT2D eigenvalue weighted by atomic mass is 10.00. The number of thiazole rings is 1. The Balaban J connectivity index is 1.84. The monoisotopic (exact) mass is 426 g/mol. The number of carbonyl (C=O) groups is 2. The van der Waals surface area contributed by atoms with E-state index in [0.717, 1.165) is 11.3 Å². The van der Waals surface area contributed by atoms with Crippen LogP contribution in [0.1, 0.15) is 29.8 Å². The number of aliphatic hydroxyl groups is 1. The Morgan fingerprint density at radius 1 is 1.21 bits per heavy atom. The predicted molar refractivity (Wildman–Crippen MR) is 113 cm³/mol. The Kier molecular flexibility index (Phi) is 5.46. The fraction of sp³-hybridized carbons (Fsp3) is 0.190. The molecule has 1 fully saturated rings. The van der Waals surface area contributed by atoms with Crippen LogP contribution in [0.5, 0.6) is 5.75 Å². The van der Waals surface area contributed by atoms with Gasteiger partial charge >= 0.3 is 5.91 Å². The van der Waals surface area contributed by atoms with Gasteiger partial charge in [-0.25, -0.2) is 4.98 Å². The van der Waals surface area contributed by atoms with Gasteiger partial charge in [-0.05, 0) is 30.0 Å². The van der Waals surface area contributed by atoms with Crippen molar-refractivity contribution in [1.82, 2.24) is 4.98 Å². The second kappa shape index (κ2) is 8.18. The van der Waals surface area contributed by atoms with Gasteiger partial charge < -0.3 is 9.84 Å². The molecule has 1 aliphatic heterocycles. The van der Waals surface area contributed by atoms with Gasteiger partial charge in [0.25, 0.3) is 5.78 Å². The molecule has 1 atom stereocenters. The van der Waals surface area contributed by atoms with Crippen molar-refractivity contribution in [3.05, 3.63) is 69.4 Å². The number of aliphatic hydroxyl groups excluding tert-OH is 1. The van der Waals surface area contributed by atoms with Crippen molar-refractivity contribution in [2.75, 3.05) is 11.5 Å². The summed E-state index contributed by atoms with van der Waals surface area (Å²) in [6.45, 7) is 2.55. The van der Waals surface area contributed by atoms with Crippen LogP contribution in [0, 0.1) is 0 Å². The first kappa shape index (κ1) is 19.4. The highest BCUT2D eigenvalue weighted by Gasteiger charge is 2.48. The van der Waals surface area contributed by atoms with Crippen molar-refractivity contribution in [2.24, 2.45) is 0 Å². The number of aromatic nitrogens is 1. The highest BCUT2D eigenvalue weighted by molar-refractivity contribution is 7.14. The van der Waals surface area contributed by atoms with Crippen molar-refractivity contribution < 1.29 is 19.4 Å². The molecule has 29 heavy (non-hydrogen) atoms. The zero-order valence-corrected chi connectivity index (χ0v) is 17.2. The van der Waals surface area contributed by atoms with E-state index < -0.39 is 17.7 Å². The first-order valence-corrected chi connectivity index (χ1v) is 10.8. The maximum atomic E-state index is 12.9. The molecule has 1 aromatic carbocycles. The van der Waals surface area contributed by atoms with Crippen molar-refractivity contribution >= 4 is 45.3 Å². The molecule has 1 saturated heterocycles. The second-order valence-corrected chi connectivity index (χ2v) is 8.23. The molecule has 1 amide bonds. The molecule has 0 spiro atoms. The SMILES string of the molecule is CCCOc1cccc(C(O)=C2C(=O)C(=O)N(c3nccs3)C2c2cccs2)c1. The summed E-state index contributed by atoms with van der Waals surface area (Å²) < 4.78 is 5.63. The van der Waals surface area contributed by atoms with E-state index in [4.69, 9.17) is 4.74 Å². The van der Waals surface area contributed by atoms with Crippen LogP contribution < -0.4 is 9.64 Å². The zero-order valence-electron chi connectivity index (χ0n) is 15.6. The number of carbonyl (C=O) groups excluding carboxylic acids is 2. The first-order valence-electron chi connectivity index (χ1n) is 9.09. The average Bonchev–Trinajstić information content (AvgIpc) is 3.48. The van der Waals surface area contributed by atoms with Crippen LogP contribution in [0.25, 0.3) is 5.76 Å². The number of ketones is 1. The molecule has 0 saturated carbocycles. The maximum Gasteiger partial charge on any atom is 0.301 e. The topological polar surface area (TPSA) is 79.7 Å². The van der Waals surface area contributed by atoms with Gasteiger partial charge in [0, 0.05) is 22.0 Å². The molecule has 1 N–H and O–H groups in total. The third kappa shape index (κ3) is 3.56. The third-order valence-electron chi connectivity index (χ3n) is 4.46. The summed E-state index contributed by atoms with van der Waals surface area (Å²) in [5, 5.41) is 15.1. The summed E-state index contributed by atoms with van der Waals surface area (Å²) in [5.74, 6) is -1.05. The van der Waals surface area contributed by atoms with E-state index in [-0.39, 0.29) is 11.3 Å².